The highest BCUT2D eigenvalue weighted by Gasteiger charge is 2.24. The molecule has 0 saturated heterocycles. The van der Waals surface area contributed by atoms with Crippen molar-refractivity contribution in [3.05, 3.63) is 93.7 Å². The molecule has 1 N–H and O–H groups in total. The van der Waals surface area contributed by atoms with Crippen molar-refractivity contribution >= 4 is 29.0 Å². The Morgan fingerprint density at radius 1 is 0.931 bits per heavy atom. The molecular formula is C23H21NO4S. The van der Waals surface area contributed by atoms with Gasteiger partial charge in [0.25, 0.3) is 5.91 Å². The molecular weight excluding hydrogens is 386 g/mol. The Balaban J connectivity index is 1.68. The van der Waals surface area contributed by atoms with Crippen LogP contribution >= 0.6 is 11.3 Å². The molecule has 148 valence electrons. The lowest BCUT2D eigenvalue weighted by Gasteiger charge is -2.18. The van der Waals surface area contributed by atoms with Gasteiger partial charge in [0.15, 0.2) is 6.61 Å². The minimum atomic E-state index is -0.900. The average Bonchev–Trinajstić information content (AvgIpc) is 3.19. The van der Waals surface area contributed by atoms with Crippen molar-refractivity contribution in [2.75, 3.05) is 6.61 Å². The van der Waals surface area contributed by atoms with Crippen LogP contribution in [0.3, 0.4) is 0 Å². The van der Waals surface area contributed by atoms with E-state index < -0.39 is 12.0 Å². The molecule has 2 aromatic carbocycles. The first-order valence-corrected chi connectivity index (χ1v) is 10.0. The van der Waals surface area contributed by atoms with Crippen LogP contribution in [-0.2, 0) is 16.0 Å². The molecule has 3 aromatic rings. The van der Waals surface area contributed by atoms with E-state index in [0.29, 0.717) is 10.4 Å². The van der Waals surface area contributed by atoms with E-state index in [9.17, 15) is 14.4 Å². The number of esters is 1. The number of nitrogens with one attached hydrogen (secondary N) is 1. The second-order valence-corrected chi connectivity index (χ2v) is 7.81. The number of carbonyl (C=O) groups is 3. The summed E-state index contributed by atoms with van der Waals surface area (Å²) in [6.07, 6.45) is 0.268. The van der Waals surface area contributed by atoms with Gasteiger partial charge in [-0.1, -0.05) is 48.5 Å². The van der Waals surface area contributed by atoms with Gasteiger partial charge in [-0.15, -0.1) is 11.3 Å². The van der Waals surface area contributed by atoms with E-state index in [1.807, 2.05) is 49.4 Å². The molecule has 1 heterocycles. The van der Waals surface area contributed by atoms with Crippen LogP contribution in [0.5, 0.6) is 0 Å². The van der Waals surface area contributed by atoms with Crippen molar-refractivity contribution < 1.29 is 19.1 Å². The Kier molecular flexibility index (Phi) is 6.92. The lowest BCUT2D eigenvalue weighted by molar-refractivity contribution is -0.144. The summed E-state index contributed by atoms with van der Waals surface area (Å²) in [5, 5.41) is 2.73. The van der Waals surface area contributed by atoms with Gasteiger partial charge in [-0.25, -0.2) is 4.79 Å². The van der Waals surface area contributed by atoms with Crippen molar-refractivity contribution in [1.82, 2.24) is 5.32 Å². The summed E-state index contributed by atoms with van der Waals surface area (Å²) in [6, 6.07) is 20.6. The van der Waals surface area contributed by atoms with Crippen LogP contribution in [0.2, 0.25) is 0 Å². The first-order chi connectivity index (χ1) is 14.0. The Morgan fingerprint density at radius 2 is 1.59 bits per heavy atom. The summed E-state index contributed by atoms with van der Waals surface area (Å²) in [5.41, 5.74) is 1.33. The van der Waals surface area contributed by atoms with Crippen molar-refractivity contribution in [2.45, 2.75) is 19.4 Å². The van der Waals surface area contributed by atoms with Gasteiger partial charge in [-0.3, -0.25) is 9.59 Å². The average molecular weight is 407 g/mol. The number of benzene rings is 2. The molecule has 3 rings (SSSR count). The van der Waals surface area contributed by atoms with E-state index in [4.69, 9.17) is 4.74 Å². The summed E-state index contributed by atoms with van der Waals surface area (Å²) >= 11 is 1.36. The lowest BCUT2D eigenvalue weighted by atomic mass is 10.1. The molecule has 0 aliphatic carbocycles. The Morgan fingerprint density at radius 3 is 2.21 bits per heavy atom. The Hall–Kier alpha value is -3.25. The van der Waals surface area contributed by atoms with Gasteiger partial charge in [0.1, 0.15) is 6.04 Å². The highest BCUT2D eigenvalue weighted by molar-refractivity contribution is 7.14. The monoisotopic (exact) mass is 407 g/mol. The smallest absolute Gasteiger partial charge is 0.329 e. The number of hydrogen-bond donors (Lipinski definition) is 1. The third-order valence-corrected chi connectivity index (χ3v) is 5.31. The molecule has 29 heavy (non-hydrogen) atoms. The molecule has 0 bridgehead atoms. The van der Waals surface area contributed by atoms with Gasteiger partial charge >= 0.3 is 5.97 Å². The number of aryl methyl sites for hydroxylation is 1. The summed E-state index contributed by atoms with van der Waals surface area (Å²) in [4.78, 5) is 39.0. The first kappa shape index (κ1) is 20.5. The second kappa shape index (κ2) is 9.80. The van der Waals surface area contributed by atoms with Crippen molar-refractivity contribution in [1.29, 1.82) is 0 Å². The van der Waals surface area contributed by atoms with E-state index in [1.54, 1.807) is 30.3 Å². The highest BCUT2D eigenvalue weighted by Crippen LogP contribution is 2.16. The lowest BCUT2D eigenvalue weighted by Crippen LogP contribution is -2.43. The molecule has 0 unspecified atom stereocenters. The molecule has 1 aromatic heterocycles. The van der Waals surface area contributed by atoms with Gasteiger partial charge in [-0.2, -0.15) is 0 Å². The van der Waals surface area contributed by atoms with E-state index in [2.05, 4.69) is 5.32 Å². The third kappa shape index (κ3) is 5.86. The van der Waals surface area contributed by atoms with Crippen LogP contribution in [0.1, 0.15) is 30.5 Å². The van der Waals surface area contributed by atoms with Crippen molar-refractivity contribution in [3.8, 4) is 0 Å². The topological polar surface area (TPSA) is 72.5 Å². The molecule has 0 spiro atoms. The van der Waals surface area contributed by atoms with Crippen LogP contribution < -0.4 is 5.32 Å². The molecule has 6 heteroatoms. The quantitative estimate of drug-likeness (QED) is 0.455. The van der Waals surface area contributed by atoms with Crippen LogP contribution in [0.25, 0.3) is 0 Å². The predicted molar refractivity (Wildman–Crippen MR) is 112 cm³/mol. The minimum absolute atomic E-state index is 0.260. The molecule has 5 nitrogen and oxygen atoms in total. The summed E-state index contributed by atoms with van der Waals surface area (Å²) < 4.78 is 5.24. The number of rotatable bonds is 8. The van der Waals surface area contributed by atoms with E-state index >= 15 is 0 Å². The fraction of sp³-hybridized carbons (Fsp3) is 0.174. The number of Topliss-reactive ketones (excluding diaryl/α,β-unsaturated/α-hetero) is 1. The number of ketones is 1. The van der Waals surface area contributed by atoms with Gasteiger partial charge in [0.2, 0.25) is 5.78 Å². The van der Waals surface area contributed by atoms with Crippen LogP contribution in [-0.4, -0.2) is 30.3 Å². The summed E-state index contributed by atoms with van der Waals surface area (Å²) in [5.74, 6) is -1.27. The molecule has 0 radical (unpaired) electrons. The zero-order valence-electron chi connectivity index (χ0n) is 16.0. The minimum Gasteiger partial charge on any atom is -0.456 e. The normalized spacial score (nSPS) is 11.5. The van der Waals surface area contributed by atoms with Crippen molar-refractivity contribution in [2.24, 2.45) is 0 Å². The number of amides is 1. The van der Waals surface area contributed by atoms with Gasteiger partial charge in [-0.05, 0) is 36.8 Å². The van der Waals surface area contributed by atoms with Gasteiger partial charge in [0.05, 0.1) is 4.88 Å². The number of hydrogen-bond acceptors (Lipinski definition) is 5. The Labute approximate surface area is 173 Å². The number of ether oxygens (including phenoxy) is 1. The molecule has 0 saturated carbocycles. The highest BCUT2D eigenvalue weighted by atomic mass is 32.1. The maximum atomic E-state index is 12.7. The summed E-state index contributed by atoms with van der Waals surface area (Å²) in [7, 11) is 0. The molecule has 1 atom stereocenters. The van der Waals surface area contributed by atoms with E-state index in [-0.39, 0.29) is 24.7 Å². The fourth-order valence-electron chi connectivity index (χ4n) is 2.77. The second-order valence-electron chi connectivity index (χ2n) is 6.52. The largest absolute Gasteiger partial charge is 0.456 e. The zero-order chi connectivity index (χ0) is 20.6. The Bertz CT molecular complexity index is 982. The fourth-order valence-corrected chi connectivity index (χ4v) is 3.56. The van der Waals surface area contributed by atoms with Crippen molar-refractivity contribution in [3.63, 3.8) is 0 Å². The van der Waals surface area contributed by atoms with Crippen LogP contribution in [0.4, 0.5) is 0 Å². The maximum Gasteiger partial charge on any atom is 0.329 e. The van der Waals surface area contributed by atoms with E-state index in [0.717, 1.165) is 10.4 Å². The zero-order valence-corrected chi connectivity index (χ0v) is 16.8. The predicted octanol–water partition coefficient (Wildman–Crippen LogP) is 3.82. The van der Waals surface area contributed by atoms with Gasteiger partial charge < -0.3 is 10.1 Å². The first-order valence-electron chi connectivity index (χ1n) is 9.19. The third-order valence-electron chi connectivity index (χ3n) is 4.27. The van der Waals surface area contributed by atoms with E-state index in [1.165, 1.54) is 11.3 Å². The molecule has 0 aliphatic heterocycles. The molecule has 1 amide bonds. The SMILES string of the molecule is Cc1ccc(C(=O)COC(=O)[C@H](Cc2ccccc2)NC(=O)c2ccccc2)s1. The number of carbonyl (C=O) groups excluding carboxylic acids is 3. The molecule has 0 aliphatic rings. The van der Waals surface area contributed by atoms with Gasteiger partial charge in [0, 0.05) is 16.9 Å². The number of thiophene rings is 1. The molecule has 0 fully saturated rings. The van der Waals surface area contributed by atoms with Crippen LogP contribution in [0.15, 0.2) is 72.8 Å². The van der Waals surface area contributed by atoms with Crippen LogP contribution in [0, 0.1) is 6.92 Å². The maximum absolute atomic E-state index is 12.7. The summed E-state index contributed by atoms with van der Waals surface area (Å²) in [6.45, 7) is 1.55. The standard InChI is InChI=1S/C23H21NO4S/c1-16-12-13-21(29-16)20(25)15-28-23(27)19(14-17-8-4-2-5-9-17)24-22(26)18-10-6-3-7-11-18/h2-13,19H,14-15H2,1H3,(H,24,26)/t19-/m0/s1.